The Morgan fingerprint density at radius 3 is 2.82 bits per heavy atom. The molecule has 0 bridgehead atoms. The van der Waals surface area contributed by atoms with E-state index in [9.17, 15) is 4.79 Å². The van der Waals surface area contributed by atoms with Gasteiger partial charge in [-0.3, -0.25) is 0 Å². The van der Waals surface area contributed by atoms with E-state index in [0.29, 0.717) is 18.2 Å². The summed E-state index contributed by atoms with van der Waals surface area (Å²) in [5, 5.41) is 3.10. The second-order valence-corrected chi connectivity index (χ2v) is 5.23. The van der Waals surface area contributed by atoms with Crippen LogP contribution in [0.5, 0.6) is 0 Å². The molecular weight excluding hydrogens is 333 g/mol. The molecule has 0 saturated heterocycles. The van der Waals surface area contributed by atoms with Crippen molar-refractivity contribution in [3.63, 3.8) is 0 Å². The summed E-state index contributed by atoms with van der Waals surface area (Å²) in [4.78, 5) is 19.6. The number of hydrogen-bond donors (Lipinski definition) is 1. The van der Waals surface area contributed by atoms with E-state index < -0.39 is 0 Å². The highest BCUT2D eigenvalue weighted by Crippen LogP contribution is 2.17. The van der Waals surface area contributed by atoms with Crippen LogP contribution in [0.2, 0.25) is 0 Å². The molecule has 0 aliphatic heterocycles. The molecule has 17 heavy (non-hydrogen) atoms. The maximum atomic E-state index is 11.6. The van der Waals surface area contributed by atoms with E-state index in [1.54, 1.807) is 6.20 Å². The van der Waals surface area contributed by atoms with E-state index in [0.717, 1.165) is 3.57 Å². The molecule has 6 heteroatoms. The van der Waals surface area contributed by atoms with E-state index in [-0.39, 0.29) is 12.0 Å². The molecule has 1 unspecified atom stereocenters. The van der Waals surface area contributed by atoms with Gasteiger partial charge < -0.3 is 10.1 Å². The van der Waals surface area contributed by atoms with Crippen LogP contribution in [0, 0.1) is 9.49 Å². The fourth-order valence-electron chi connectivity index (χ4n) is 1.41. The monoisotopic (exact) mass is 349 g/mol. The largest absolute Gasteiger partial charge is 0.467 e. The third-order valence-electron chi connectivity index (χ3n) is 2.17. The molecule has 94 valence electrons. The number of aromatic nitrogens is 2. The molecule has 1 rings (SSSR count). The molecule has 1 N–H and O–H groups in total. The fourth-order valence-corrected chi connectivity index (χ4v) is 1.87. The maximum Gasteiger partial charge on any atom is 0.328 e. The van der Waals surface area contributed by atoms with E-state index in [4.69, 9.17) is 4.74 Å². The number of nitrogens with one attached hydrogen (secondary N) is 1. The second-order valence-electron chi connectivity index (χ2n) is 4.07. The van der Waals surface area contributed by atoms with Gasteiger partial charge in [-0.25, -0.2) is 14.8 Å². The number of esters is 1. The van der Waals surface area contributed by atoms with Gasteiger partial charge in [0.2, 0.25) is 0 Å². The zero-order valence-electron chi connectivity index (χ0n) is 10.1. The summed E-state index contributed by atoms with van der Waals surface area (Å²) >= 11 is 2.12. The van der Waals surface area contributed by atoms with Gasteiger partial charge in [0.15, 0.2) is 0 Å². The predicted octanol–water partition coefficient (Wildman–Crippen LogP) is 2.08. The normalized spacial score (nSPS) is 12.3. The Hall–Kier alpha value is -0.920. The molecule has 0 saturated carbocycles. The molecule has 0 aliphatic carbocycles. The molecule has 1 atom stereocenters. The van der Waals surface area contributed by atoms with Gasteiger partial charge in [0, 0.05) is 6.20 Å². The lowest BCUT2D eigenvalue weighted by atomic mass is 10.0. The van der Waals surface area contributed by atoms with E-state index in [2.05, 4.69) is 51.7 Å². The number of carbonyl (C=O) groups is 1. The Kier molecular flexibility index (Phi) is 5.60. The number of halogens is 1. The highest BCUT2D eigenvalue weighted by Gasteiger charge is 2.21. The van der Waals surface area contributed by atoms with Crippen molar-refractivity contribution in [3.05, 3.63) is 16.1 Å². The lowest BCUT2D eigenvalue weighted by molar-refractivity contribution is -0.141. The molecule has 0 fully saturated rings. The summed E-state index contributed by atoms with van der Waals surface area (Å²) in [6, 6.07) is -0.372. The van der Waals surface area contributed by atoms with Crippen LogP contribution < -0.4 is 5.32 Å². The van der Waals surface area contributed by atoms with Crippen molar-refractivity contribution in [2.75, 3.05) is 12.4 Å². The number of nitrogens with zero attached hydrogens (tertiary/aromatic N) is 2. The highest BCUT2D eigenvalue weighted by molar-refractivity contribution is 14.1. The van der Waals surface area contributed by atoms with Gasteiger partial charge in [-0.15, -0.1) is 0 Å². The van der Waals surface area contributed by atoms with Crippen LogP contribution in [0.3, 0.4) is 0 Å². The lowest BCUT2D eigenvalue weighted by Crippen LogP contribution is -2.32. The number of ether oxygens (including phenoxy) is 1. The Bertz CT molecular complexity index is 385. The van der Waals surface area contributed by atoms with Crippen molar-refractivity contribution >= 4 is 34.4 Å². The lowest BCUT2D eigenvalue weighted by Gasteiger charge is -2.19. The standard InChI is InChI=1S/C11H16IN3O2/c1-7(2)4-9(11(16)17-3)15-10-8(12)5-13-6-14-10/h5-7,9H,4H2,1-3H3,(H,13,14,15). The third-order valence-corrected chi connectivity index (χ3v) is 2.96. The Labute approximate surface area is 115 Å². The van der Waals surface area contributed by atoms with Crippen LogP contribution in [0.15, 0.2) is 12.5 Å². The summed E-state index contributed by atoms with van der Waals surface area (Å²) in [5.74, 6) is 0.788. The molecule has 5 nitrogen and oxygen atoms in total. The van der Waals surface area contributed by atoms with E-state index in [1.807, 2.05) is 0 Å². The molecule has 0 spiro atoms. The van der Waals surface area contributed by atoms with Crippen LogP contribution in [0.4, 0.5) is 5.82 Å². The van der Waals surface area contributed by atoms with E-state index in [1.165, 1.54) is 13.4 Å². The van der Waals surface area contributed by atoms with Gasteiger partial charge in [-0.05, 0) is 34.9 Å². The van der Waals surface area contributed by atoms with Crippen molar-refractivity contribution in [1.82, 2.24) is 9.97 Å². The minimum absolute atomic E-state index is 0.270. The van der Waals surface area contributed by atoms with Crippen LogP contribution >= 0.6 is 22.6 Å². The average Bonchev–Trinajstić information content (AvgIpc) is 2.29. The zero-order valence-corrected chi connectivity index (χ0v) is 12.3. The van der Waals surface area contributed by atoms with Gasteiger partial charge in [0.05, 0.1) is 10.7 Å². The summed E-state index contributed by atoms with van der Waals surface area (Å²) in [6.45, 7) is 4.12. The van der Waals surface area contributed by atoms with Crippen LogP contribution in [0.25, 0.3) is 0 Å². The van der Waals surface area contributed by atoms with Crippen molar-refractivity contribution in [3.8, 4) is 0 Å². The van der Waals surface area contributed by atoms with Crippen molar-refractivity contribution in [1.29, 1.82) is 0 Å². The van der Waals surface area contributed by atoms with Gasteiger partial charge in [0.1, 0.15) is 18.2 Å². The minimum Gasteiger partial charge on any atom is -0.467 e. The summed E-state index contributed by atoms with van der Waals surface area (Å²) < 4.78 is 5.66. The first-order chi connectivity index (χ1) is 8.04. The Balaban J connectivity index is 2.79. The van der Waals surface area contributed by atoms with Crippen molar-refractivity contribution in [2.45, 2.75) is 26.3 Å². The molecular formula is C11H16IN3O2. The zero-order chi connectivity index (χ0) is 12.8. The molecule has 0 amide bonds. The van der Waals surface area contributed by atoms with Gasteiger partial charge in [0.25, 0.3) is 0 Å². The fraction of sp³-hybridized carbons (Fsp3) is 0.545. The van der Waals surface area contributed by atoms with E-state index >= 15 is 0 Å². The van der Waals surface area contributed by atoms with Crippen LogP contribution in [-0.2, 0) is 9.53 Å². The van der Waals surface area contributed by atoms with Crippen molar-refractivity contribution < 1.29 is 9.53 Å². The molecule has 1 aromatic heterocycles. The summed E-state index contributed by atoms with van der Waals surface area (Å²) in [5.41, 5.74) is 0. The highest BCUT2D eigenvalue weighted by atomic mass is 127. The minimum atomic E-state index is -0.372. The number of carbonyl (C=O) groups excluding carboxylic acids is 1. The Morgan fingerprint density at radius 2 is 2.29 bits per heavy atom. The first kappa shape index (κ1) is 14.1. The van der Waals surface area contributed by atoms with Gasteiger partial charge in [-0.1, -0.05) is 13.8 Å². The van der Waals surface area contributed by atoms with Gasteiger partial charge >= 0.3 is 5.97 Å². The molecule has 1 aromatic rings. The van der Waals surface area contributed by atoms with Crippen molar-refractivity contribution in [2.24, 2.45) is 5.92 Å². The predicted molar refractivity (Wildman–Crippen MR) is 73.6 cm³/mol. The molecule has 1 heterocycles. The molecule has 0 aliphatic rings. The summed E-state index contributed by atoms with van der Waals surface area (Å²) in [6.07, 6.45) is 3.85. The third kappa shape index (κ3) is 4.45. The number of methoxy groups -OCH3 is 1. The van der Waals surface area contributed by atoms with Crippen LogP contribution in [0.1, 0.15) is 20.3 Å². The number of hydrogen-bond acceptors (Lipinski definition) is 5. The smallest absolute Gasteiger partial charge is 0.328 e. The second kappa shape index (κ2) is 6.73. The van der Waals surface area contributed by atoms with Gasteiger partial charge in [-0.2, -0.15) is 0 Å². The van der Waals surface area contributed by atoms with Crippen LogP contribution in [-0.4, -0.2) is 29.1 Å². The number of anilines is 1. The quantitative estimate of drug-likeness (QED) is 0.651. The maximum absolute atomic E-state index is 11.6. The topological polar surface area (TPSA) is 64.1 Å². The average molecular weight is 349 g/mol. The SMILES string of the molecule is COC(=O)C(CC(C)C)Nc1ncncc1I. The molecule has 0 radical (unpaired) electrons. The number of rotatable bonds is 5. The molecule has 0 aromatic carbocycles. The first-order valence-electron chi connectivity index (χ1n) is 5.34. The Morgan fingerprint density at radius 1 is 1.59 bits per heavy atom. The summed E-state index contributed by atoms with van der Waals surface area (Å²) in [7, 11) is 1.39. The first-order valence-corrected chi connectivity index (χ1v) is 6.42.